The molecule has 0 aromatic heterocycles. The van der Waals surface area contributed by atoms with Gasteiger partial charge in [-0.25, -0.2) is 4.79 Å². The molecule has 126 valence electrons. The van der Waals surface area contributed by atoms with Gasteiger partial charge in [-0.05, 0) is 53.0 Å². The molecule has 6 nitrogen and oxygen atoms in total. The number of methoxy groups -OCH3 is 1. The maximum Gasteiger partial charge on any atom is 0.410 e. The van der Waals surface area contributed by atoms with Crippen molar-refractivity contribution < 1.29 is 19.1 Å². The number of carbonyl (C=O) groups is 2. The minimum Gasteiger partial charge on any atom is -0.468 e. The summed E-state index contributed by atoms with van der Waals surface area (Å²) in [5.41, 5.74) is -0.459. The molecular formula is C16H28N2O4. The smallest absolute Gasteiger partial charge is 0.410 e. The Balaban J connectivity index is 1.87. The van der Waals surface area contributed by atoms with Crippen LogP contribution in [-0.2, 0) is 14.3 Å². The highest BCUT2D eigenvalue weighted by molar-refractivity contribution is 5.76. The Morgan fingerprint density at radius 1 is 1.05 bits per heavy atom. The maximum absolute atomic E-state index is 12.1. The van der Waals surface area contributed by atoms with E-state index in [1.165, 1.54) is 7.11 Å². The zero-order valence-corrected chi connectivity index (χ0v) is 14.1. The molecule has 0 radical (unpaired) electrons. The van der Waals surface area contributed by atoms with Crippen LogP contribution in [0.2, 0.25) is 0 Å². The van der Waals surface area contributed by atoms with Crippen molar-refractivity contribution in [3.63, 3.8) is 0 Å². The van der Waals surface area contributed by atoms with E-state index in [0.29, 0.717) is 19.1 Å². The average Bonchev–Trinajstić information content (AvgIpc) is 2.94. The number of ether oxygens (including phenoxy) is 2. The molecule has 1 atom stereocenters. The van der Waals surface area contributed by atoms with E-state index in [4.69, 9.17) is 9.47 Å². The number of nitrogens with zero attached hydrogens (tertiary/aromatic N) is 2. The molecule has 0 bridgehead atoms. The predicted octanol–water partition coefficient (Wildman–Crippen LogP) is 2.02. The molecule has 0 aliphatic carbocycles. The lowest BCUT2D eigenvalue weighted by Crippen LogP contribution is -2.50. The Bertz CT molecular complexity index is 411. The molecule has 0 aromatic rings. The number of rotatable bonds is 2. The second-order valence-electron chi connectivity index (χ2n) is 7.12. The third kappa shape index (κ3) is 4.12. The topological polar surface area (TPSA) is 59.1 Å². The lowest BCUT2D eigenvalue weighted by atomic mass is 10.0. The second kappa shape index (κ2) is 6.86. The van der Waals surface area contributed by atoms with Gasteiger partial charge in [-0.3, -0.25) is 9.69 Å². The van der Waals surface area contributed by atoms with Crippen molar-refractivity contribution in [1.82, 2.24) is 9.80 Å². The van der Waals surface area contributed by atoms with Crippen LogP contribution < -0.4 is 0 Å². The zero-order valence-electron chi connectivity index (χ0n) is 14.1. The molecule has 0 spiro atoms. The molecule has 2 aliphatic rings. The van der Waals surface area contributed by atoms with Gasteiger partial charge in [-0.15, -0.1) is 0 Å². The average molecular weight is 312 g/mol. The quantitative estimate of drug-likeness (QED) is 0.730. The van der Waals surface area contributed by atoms with Crippen molar-refractivity contribution in [3.8, 4) is 0 Å². The fourth-order valence-electron chi connectivity index (χ4n) is 3.32. The number of hydrogen-bond acceptors (Lipinski definition) is 5. The molecule has 2 fully saturated rings. The summed E-state index contributed by atoms with van der Waals surface area (Å²) in [6.45, 7) is 7.94. The number of likely N-dealkylation sites (tertiary alicyclic amines) is 2. The maximum atomic E-state index is 12.1. The first kappa shape index (κ1) is 17.1. The van der Waals surface area contributed by atoms with Crippen LogP contribution in [-0.4, -0.2) is 66.3 Å². The van der Waals surface area contributed by atoms with Gasteiger partial charge in [-0.1, -0.05) is 0 Å². The second-order valence-corrected chi connectivity index (χ2v) is 7.12. The lowest BCUT2D eigenvalue weighted by molar-refractivity contribution is -0.147. The first-order valence-electron chi connectivity index (χ1n) is 8.13. The predicted molar refractivity (Wildman–Crippen MR) is 82.6 cm³/mol. The fraction of sp³-hybridized carbons (Fsp3) is 0.875. The number of amides is 1. The number of esters is 1. The summed E-state index contributed by atoms with van der Waals surface area (Å²) in [4.78, 5) is 28.0. The lowest BCUT2D eigenvalue weighted by Gasteiger charge is -2.38. The molecule has 0 unspecified atom stereocenters. The van der Waals surface area contributed by atoms with Crippen molar-refractivity contribution in [3.05, 3.63) is 0 Å². The molecule has 1 amide bonds. The summed E-state index contributed by atoms with van der Waals surface area (Å²) >= 11 is 0. The van der Waals surface area contributed by atoms with Crippen LogP contribution >= 0.6 is 0 Å². The normalized spacial score (nSPS) is 24.4. The van der Waals surface area contributed by atoms with Crippen molar-refractivity contribution in [2.24, 2.45) is 0 Å². The van der Waals surface area contributed by atoms with Crippen LogP contribution in [0.1, 0.15) is 46.5 Å². The van der Waals surface area contributed by atoms with E-state index in [9.17, 15) is 9.59 Å². The van der Waals surface area contributed by atoms with Gasteiger partial charge in [0.15, 0.2) is 0 Å². The highest BCUT2D eigenvalue weighted by atomic mass is 16.6. The number of piperidine rings is 1. The Kier molecular flexibility index (Phi) is 5.32. The first-order valence-corrected chi connectivity index (χ1v) is 8.13. The fourth-order valence-corrected chi connectivity index (χ4v) is 3.32. The Labute approximate surface area is 132 Å². The molecule has 2 aliphatic heterocycles. The van der Waals surface area contributed by atoms with E-state index >= 15 is 0 Å². The summed E-state index contributed by atoms with van der Waals surface area (Å²) in [7, 11) is 1.45. The molecule has 0 saturated carbocycles. The van der Waals surface area contributed by atoms with Gasteiger partial charge >= 0.3 is 12.1 Å². The van der Waals surface area contributed by atoms with Crippen LogP contribution in [0.4, 0.5) is 4.79 Å². The molecule has 22 heavy (non-hydrogen) atoms. The summed E-state index contributed by atoms with van der Waals surface area (Å²) in [5.74, 6) is -0.132. The minimum atomic E-state index is -0.459. The molecule has 0 aromatic carbocycles. The van der Waals surface area contributed by atoms with E-state index in [0.717, 1.165) is 32.2 Å². The van der Waals surface area contributed by atoms with Gasteiger partial charge in [-0.2, -0.15) is 0 Å². The van der Waals surface area contributed by atoms with Crippen molar-refractivity contribution in [2.45, 2.75) is 64.1 Å². The van der Waals surface area contributed by atoms with Crippen LogP contribution in [0.3, 0.4) is 0 Å². The van der Waals surface area contributed by atoms with Gasteiger partial charge in [0.2, 0.25) is 0 Å². The molecule has 6 heteroatoms. The van der Waals surface area contributed by atoms with E-state index < -0.39 is 5.60 Å². The number of hydrogen-bond donors (Lipinski definition) is 0. The third-order valence-electron chi connectivity index (χ3n) is 4.35. The van der Waals surface area contributed by atoms with Crippen molar-refractivity contribution in [2.75, 3.05) is 26.7 Å². The third-order valence-corrected chi connectivity index (χ3v) is 4.35. The molecule has 2 heterocycles. The Hall–Kier alpha value is -1.30. The molecule has 2 saturated heterocycles. The minimum absolute atomic E-state index is 0.108. The largest absolute Gasteiger partial charge is 0.468 e. The summed E-state index contributed by atoms with van der Waals surface area (Å²) in [6.07, 6.45) is 3.43. The van der Waals surface area contributed by atoms with Crippen LogP contribution in [0, 0.1) is 0 Å². The highest BCUT2D eigenvalue weighted by Crippen LogP contribution is 2.27. The van der Waals surface area contributed by atoms with Crippen LogP contribution in [0.25, 0.3) is 0 Å². The standard InChI is InChI=1S/C16H28N2O4/c1-16(2,3)22-15(20)17-10-7-12(8-11-17)18-9-5-6-13(18)14(19)21-4/h12-13H,5-11H2,1-4H3/t13-/m1/s1. The monoisotopic (exact) mass is 312 g/mol. The Morgan fingerprint density at radius 3 is 2.23 bits per heavy atom. The summed E-state index contributed by atoms with van der Waals surface area (Å²) in [6, 6.07) is 0.244. The van der Waals surface area contributed by atoms with Crippen LogP contribution in [0.5, 0.6) is 0 Å². The van der Waals surface area contributed by atoms with E-state index in [1.54, 1.807) is 4.90 Å². The highest BCUT2D eigenvalue weighted by Gasteiger charge is 2.38. The number of carbonyl (C=O) groups excluding carboxylic acids is 2. The van der Waals surface area contributed by atoms with Crippen LogP contribution in [0.15, 0.2) is 0 Å². The van der Waals surface area contributed by atoms with Gasteiger partial charge < -0.3 is 14.4 Å². The van der Waals surface area contributed by atoms with Crippen molar-refractivity contribution in [1.29, 1.82) is 0 Å². The van der Waals surface area contributed by atoms with Gasteiger partial charge in [0.25, 0.3) is 0 Å². The molecule has 0 N–H and O–H groups in total. The summed E-state index contributed by atoms with van der Waals surface area (Å²) < 4.78 is 10.3. The summed E-state index contributed by atoms with van der Waals surface area (Å²) in [5, 5.41) is 0. The zero-order chi connectivity index (χ0) is 16.3. The molecule has 2 rings (SSSR count). The van der Waals surface area contributed by atoms with E-state index in [-0.39, 0.29) is 18.1 Å². The first-order chi connectivity index (χ1) is 10.3. The van der Waals surface area contributed by atoms with Gasteiger partial charge in [0.1, 0.15) is 11.6 Å². The van der Waals surface area contributed by atoms with E-state index in [1.807, 2.05) is 20.8 Å². The van der Waals surface area contributed by atoms with Gasteiger partial charge in [0, 0.05) is 19.1 Å². The SMILES string of the molecule is COC(=O)[C@H]1CCCN1C1CCN(C(=O)OC(C)(C)C)CC1. The van der Waals surface area contributed by atoms with E-state index in [2.05, 4.69) is 4.90 Å². The van der Waals surface area contributed by atoms with Gasteiger partial charge in [0.05, 0.1) is 7.11 Å². The Morgan fingerprint density at radius 2 is 1.68 bits per heavy atom. The molecular weight excluding hydrogens is 284 g/mol. The van der Waals surface area contributed by atoms with Crippen molar-refractivity contribution >= 4 is 12.1 Å².